The number of para-hydroxylation sites is 1. The Balaban J connectivity index is 1.38. The molecule has 5 aromatic rings. The predicted octanol–water partition coefficient (Wildman–Crippen LogP) is 5.31. The maximum Gasteiger partial charge on any atom is 0.326 e. The molecule has 0 spiro atoms. The molecule has 184 valence electrons. The van der Waals surface area contributed by atoms with Crippen LogP contribution in [0.3, 0.4) is 0 Å². The van der Waals surface area contributed by atoms with E-state index in [9.17, 15) is 19.5 Å². The van der Waals surface area contributed by atoms with Crippen LogP contribution in [0.25, 0.3) is 21.7 Å². The van der Waals surface area contributed by atoms with Crippen molar-refractivity contribution < 1.29 is 19.5 Å². The molecule has 0 unspecified atom stereocenters. The van der Waals surface area contributed by atoms with E-state index in [-0.39, 0.29) is 17.9 Å². The zero-order valence-corrected chi connectivity index (χ0v) is 20.1. The number of amides is 2. The van der Waals surface area contributed by atoms with Crippen LogP contribution in [-0.4, -0.2) is 33.9 Å². The molecule has 1 aromatic heterocycles. The average molecular weight is 492 g/mol. The van der Waals surface area contributed by atoms with E-state index in [1.165, 1.54) is 0 Å². The number of aryl methyl sites for hydroxylation is 1. The molecule has 4 aromatic carbocycles. The van der Waals surface area contributed by atoms with Crippen LogP contribution in [0.5, 0.6) is 0 Å². The lowest BCUT2D eigenvalue weighted by atomic mass is 10.0. The summed E-state index contributed by atoms with van der Waals surface area (Å²) >= 11 is 0. The molecular weight excluding hydrogens is 466 g/mol. The number of fused-ring (bicyclic) bond motifs is 2. The Bertz CT molecular complexity index is 1650. The third-order valence-corrected chi connectivity index (χ3v) is 6.38. The summed E-state index contributed by atoms with van der Waals surface area (Å²) in [5, 5.41) is 18.2. The first kappa shape index (κ1) is 23.8. The summed E-state index contributed by atoms with van der Waals surface area (Å²) in [5.41, 5.74) is 3.44. The van der Waals surface area contributed by atoms with Crippen molar-refractivity contribution >= 4 is 45.1 Å². The Kier molecular flexibility index (Phi) is 6.43. The number of aromatic nitrogens is 1. The van der Waals surface area contributed by atoms with E-state index in [1.807, 2.05) is 61.5 Å². The maximum absolute atomic E-state index is 13.3. The normalized spacial score (nSPS) is 11.8. The summed E-state index contributed by atoms with van der Waals surface area (Å²) in [6.07, 6.45) is 1.87. The molecule has 7 heteroatoms. The largest absolute Gasteiger partial charge is 0.480 e. The van der Waals surface area contributed by atoms with E-state index in [0.717, 1.165) is 32.8 Å². The van der Waals surface area contributed by atoms with E-state index >= 15 is 0 Å². The van der Waals surface area contributed by atoms with Gasteiger partial charge in [0.15, 0.2) is 0 Å². The van der Waals surface area contributed by atoms with Gasteiger partial charge in [-0.15, -0.1) is 0 Å². The van der Waals surface area contributed by atoms with Crippen molar-refractivity contribution in [2.45, 2.75) is 19.4 Å². The van der Waals surface area contributed by atoms with Crippen LogP contribution >= 0.6 is 0 Å². The molecule has 0 fully saturated rings. The number of carboxylic acid groups (broad SMARTS) is 1. The van der Waals surface area contributed by atoms with Crippen molar-refractivity contribution in [1.29, 1.82) is 0 Å². The van der Waals surface area contributed by atoms with Crippen molar-refractivity contribution in [2.75, 3.05) is 5.32 Å². The van der Waals surface area contributed by atoms with Gasteiger partial charge in [0, 0.05) is 29.1 Å². The van der Waals surface area contributed by atoms with Crippen molar-refractivity contribution in [3.05, 3.63) is 113 Å². The van der Waals surface area contributed by atoms with Gasteiger partial charge in [0.05, 0.1) is 11.3 Å². The standard InChI is InChI=1S/C30H25N3O4/c1-18-10-13-26(32-28(34)21-12-11-19-6-2-3-7-20(19)15-21)24(14-18)29(35)33-27(30(36)37)16-22-17-31-25-9-5-4-8-23(22)25/h2-15,17,27,31H,16H2,1H3,(H,32,34)(H,33,35)(H,36,37)/t27-/m0/s1. The highest BCUT2D eigenvalue weighted by atomic mass is 16.4. The topological polar surface area (TPSA) is 111 Å². The Morgan fingerprint density at radius 3 is 2.43 bits per heavy atom. The molecule has 0 aliphatic rings. The lowest BCUT2D eigenvalue weighted by Crippen LogP contribution is -2.42. The highest BCUT2D eigenvalue weighted by molar-refractivity contribution is 6.10. The van der Waals surface area contributed by atoms with E-state index in [0.29, 0.717) is 11.3 Å². The van der Waals surface area contributed by atoms with Gasteiger partial charge in [-0.05, 0) is 53.6 Å². The van der Waals surface area contributed by atoms with E-state index in [2.05, 4.69) is 15.6 Å². The highest BCUT2D eigenvalue weighted by Crippen LogP contribution is 2.22. The second kappa shape index (κ2) is 9.99. The quantitative estimate of drug-likeness (QED) is 0.247. The van der Waals surface area contributed by atoms with Gasteiger partial charge in [-0.3, -0.25) is 9.59 Å². The molecule has 37 heavy (non-hydrogen) atoms. The van der Waals surface area contributed by atoms with E-state index < -0.39 is 17.9 Å². The van der Waals surface area contributed by atoms with Crippen molar-refractivity contribution in [2.24, 2.45) is 0 Å². The van der Waals surface area contributed by atoms with Crippen LogP contribution < -0.4 is 10.6 Å². The first-order chi connectivity index (χ1) is 17.9. The second-order valence-corrected chi connectivity index (χ2v) is 8.99. The summed E-state index contributed by atoms with van der Waals surface area (Å²) in [6.45, 7) is 1.83. The molecular formula is C30H25N3O4. The predicted molar refractivity (Wildman–Crippen MR) is 144 cm³/mol. The van der Waals surface area contributed by atoms with Gasteiger partial charge in [-0.2, -0.15) is 0 Å². The van der Waals surface area contributed by atoms with Crippen LogP contribution in [0.4, 0.5) is 5.69 Å². The number of aliphatic carboxylic acids is 1. The van der Waals surface area contributed by atoms with Crippen molar-refractivity contribution in [3.8, 4) is 0 Å². The number of H-pyrrole nitrogens is 1. The Morgan fingerprint density at radius 1 is 0.865 bits per heavy atom. The fourth-order valence-corrected chi connectivity index (χ4v) is 4.44. The maximum atomic E-state index is 13.3. The summed E-state index contributed by atoms with van der Waals surface area (Å²) in [7, 11) is 0. The molecule has 5 rings (SSSR count). The van der Waals surface area contributed by atoms with Crippen LogP contribution in [0, 0.1) is 6.92 Å². The molecule has 0 bridgehead atoms. The Morgan fingerprint density at radius 2 is 1.62 bits per heavy atom. The van der Waals surface area contributed by atoms with Crippen LogP contribution in [0.2, 0.25) is 0 Å². The SMILES string of the molecule is Cc1ccc(NC(=O)c2ccc3ccccc3c2)c(C(=O)N[C@@H](Cc2c[nH]c3ccccc23)C(=O)O)c1. The molecule has 0 radical (unpaired) electrons. The number of carbonyl (C=O) groups is 3. The number of hydrogen-bond donors (Lipinski definition) is 4. The number of carbonyl (C=O) groups excluding carboxylic acids is 2. The second-order valence-electron chi connectivity index (χ2n) is 8.99. The first-order valence-corrected chi connectivity index (χ1v) is 11.9. The van der Waals surface area contributed by atoms with Gasteiger partial charge in [0.25, 0.3) is 11.8 Å². The smallest absolute Gasteiger partial charge is 0.326 e. The minimum atomic E-state index is -1.16. The minimum Gasteiger partial charge on any atom is -0.480 e. The fourth-order valence-electron chi connectivity index (χ4n) is 4.44. The molecule has 7 nitrogen and oxygen atoms in total. The third kappa shape index (κ3) is 5.06. The molecule has 1 atom stereocenters. The minimum absolute atomic E-state index is 0.107. The molecule has 2 amide bonds. The van der Waals surface area contributed by atoms with Gasteiger partial charge < -0.3 is 20.7 Å². The number of hydrogen-bond acceptors (Lipinski definition) is 3. The summed E-state index contributed by atoms with van der Waals surface area (Å²) < 4.78 is 0. The monoisotopic (exact) mass is 491 g/mol. The number of benzene rings is 4. The summed E-state index contributed by atoms with van der Waals surface area (Å²) in [4.78, 5) is 41.5. The van der Waals surface area contributed by atoms with Gasteiger partial charge in [0.1, 0.15) is 6.04 Å². The Labute approximate surface area is 213 Å². The summed E-state index contributed by atoms with van der Waals surface area (Å²) in [5.74, 6) is -2.09. The molecule has 0 saturated carbocycles. The van der Waals surface area contributed by atoms with Gasteiger partial charge in [0.2, 0.25) is 0 Å². The van der Waals surface area contributed by atoms with Crippen LogP contribution in [-0.2, 0) is 11.2 Å². The zero-order valence-electron chi connectivity index (χ0n) is 20.1. The van der Waals surface area contributed by atoms with Crippen molar-refractivity contribution in [1.82, 2.24) is 10.3 Å². The van der Waals surface area contributed by atoms with Crippen LogP contribution in [0.15, 0.2) is 91.1 Å². The van der Waals surface area contributed by atoms with E-state index in [1.54, 1.807) is 36.5 Å². The number of anilines is 1. The summed E-state index contributed by atoms with van der Waals surface area (Å²) in [6, 6.07) is 24.6. The third-order valence-electron chi connectivity index (χ3n) is 6.38. The Hall–Kier alpha value is -4.91. The van der Waals surface area contributed by atoms with E-state index in [4.69, 9.17) is 0 Å². The molecule has 0 aliphatic heterocycles. The molecule has 4 N–H and O–H groups in total. The number of aromatic amines is 1. The average Bonchev–Trinajstić information content (AvgIpc) is 3.31. The number of nitrogens with one attached hydrogen (secondary N) is 3. The molecule has 1 heterocycles. The lowest BCUT2D eigenvalue weighted by molar-refractivity contribution is -0.139. The first-order valence-electron chi connectivity index (χ1n) is 11.9. The van der Waals surface area contributed by atoms with Gasteiger partial charge >= 0.3 is 5.97 Å². The van der Waals surface area contributed by atoms with Gasteiger partial charge in [-0.25, -0.2) is 4.79 Å². The van der Waals surface area contributed by atoms with Crippen molar-refractivity contribution in [3.63, 3.8) is 0 Å². The molecule has 0 aliphatic carbocycles. The van der Waals surface area contributed by atoms with Gasteiger partial charge in [-0.1, -0.05) is 60.2 Å². The van der Waals surface area contributed by atoms with Crippen LogP contribution in [0.1, 0.15) is 31.8 Å². The number of carboxylic acids is 1. The zero-order chi connectivity index (χ0) is 25.9. The highest BCUT2D eigenvalue weighted by Gasteiger charge is 2.24. The number of rotatable bonds is 7. The fraction of sp³-hybridized carbons (Fsp3) is 0.100. The molecule has 0 saturated heterocycles. The lowest BCUT2D eigenvalue weighted by Gasteiger charge is -2.17.